The van der Waals surface area contributed by atoms with E-state index in [0.717, 1.165) is 11.3 Å². The van der Waals surface area contributed by atoms with E-state index in [-0.39, 0.29) is 0 Å². The van der Waals surface area contributed by atoms with Crippen LogP contribution in [-0.2, 0) is 4.79 Å². The van der Waals surface area contributed by atoms with Gasteiger partial charge < -0.3 is 11.1 Å². The Balaban J connectivity index is 2.34. The van der Waals surface area contributed by atoms with Crippen molar-refractivity contribution >= 4 is 22.9 Å². The molecule has 0 saturated heterocycles. The lowest BCUT2D eigenvalue weighted by atomic mass is 10.2. The van der Waals surface area contributed by atoms with Crippen LogP contribution in [0.3, 0.4) is 0 Å². The van der Waals surface area contributed by atoms with Gasteiger partial charge in [0, 0.05) is 4.88 Å². The number of hydrogen-bond acceptors (Lipinski definition) is 3. The van der Waals surface area contributed by atoms with Gasteiger partial charge in [-0.05, 0) is 11.4 Å². The molecule has 1 unspecified atom stereocenters. The van der Waals surface area contributed by atoms with Gasteiger partial charge in [0.1, 0.15) is 11.7 Å². The van der Waals surface area contributed by atoms with E-state index < -0.39 is 46.7 Å². The smallest absolute Gasteiger partial charge is 0.246 e. The standard InChI is InChI=1S/C12H7F5N2OS/c13-5-6(14)8(16)11(9(17)7(5)15)19-12(20)10(18)4-2-1-3-21-4/h1-3,10H,18H2,(H,19,20). The molecule has 0 bridgehead atoms. The molecule has 1 heterocycles. The number of halogens is 5. The van der Waals surface area contributed by atoms with E-state index >= 15 is 0 Å². The number of anilines is 1. The quantitative estimate of drug-likeness (QED) is 0.518. The molecule has 3 nitrogen and oxygen atoms in total. The summed E-state index contributed by atoms with van der Waals surface area (Å²) in [6.07, 6.45) is 0. The van der Waals surface area contributed by atoms with E-state index in [4.69, 9.17) is 5.73 Å². The second-order valence-electron chi connectivity index (χ2n) is 3.93. The Morgan fingerprint density at radius 2 is 1.57 bits per heavy atom. The van der Waals surface area contributed by atoms with Gasteiger partial charge in [-0.1, -0.05) is 6.07 Å². The zero-order valence-corrected chi connectivity index (χ0v) is 10.9. The average molecular weight is 322 g/mol. The highest BCUT2D eigenvalue weighted by molar-refractivity contribution is 7.10. The summed E-state index contributed by atoms with van der Waals surface area (Å²) in [7, 11) is 0. The summed E-state index contributed by atoms with van der Waals surface area (Å²) in [5.74, 6) is -11.9. The van der Waals surface area contributed by atoms with Gasteiger partial charge in [0.25, 0.3) is 0 Å². The van der Waals surface area contributed by atoms with Gasteiger partial charge in [-0.25, -0.2) is 22.0 Å². The van der Waals surface area contributed by atoms with E-state index in [0.29, 0.717) is 4.88 Å². The molecule has 1 amide bonds. The number of hydrogen-bond donors (Lipinski definition) is 2. The Morgan fingerprint density at radius 1 is 1.05 bits per heavy atom. The normalized spacial score (nSPS) is 12.3. The molecule has 0 aliphatic heterocycles. The summed E-state index contributed by atoms with van der Waals surface area (Å²) in [5, 5.41) is 3.23. The molecule has 9 heteroatoms. The van der Waals surface area contributed by atoms with Crippen molar-refractivity contribution in [2.75, 3.05) is 5.32 Å². The molecule has 0 aliphatic carbocycles. The predicted molar refractivity (Wildman–Crippen MR) is 66.1 cm³/mol. The Labute approximate surface area is 119 Å². The maximum Gasteiger partial charge on any atom is 0.246 e. The predicted octanol–water partition coefficient (Wildman–Crippen LogP) is 3.08. The number of thiophene rings is 1. The largest absolute Gasteiger partial charge is 0.319 e. The summed E-state index contributed by atoms with van der Waals surface area (Å²) in [5.41, 5.74) is 4.10. The number of nitrogens with two attached hydrogens (primary N) is 1. The molecule has 2 aromatic rings. The molecular formula is C12H7F5N2OS. The Kier molecular flexibility index (Phi) is 4.24. The van der Waals surface area contributed by atoms with Gasteiger partial charge in [0.2, 0.25) is 11.7 Å². The number of amides is 1. The second kappa shape index (κ2) is 5.78. The molecule has 1 atom stereocenters. The van der Waals surface area contributed by atoms with E-state index in [1.54, 1.807) is 16.8 Å². The molecule has 21 heavy (non-hydrogen) atoms. The van der Waals surface area contributed by atoms with Gasteiger partial charge in [0.05, 0.1) is 0 Å². The molecule has 1 aromatic heterocycles. The number of benzene rings is 1. The van der Waals surface area contributed by atoms with Crippen LogP contribution in [0.15, 0.2) is 17.5 Å². The summed E-state index contributed by atoms with van der Waals surface area (Å²) >= 11 is 1.11. The molecule has 0 aliphatic rings. The topological polar surface area (TPSA) is 55.1 Å². The SMILES string of the molecule is NC(C(=O)Nc1c(F)c(F)c(F)c(F)c1F)c1cccs1. The third-order valence-electron chi connectivity index (χ3n) is 2.59. The van der Waals surface area contributed by atoms with Crippen LogP contribution in [0.25, 0.3) is 0 Å². The minimum atomic E-state index is -2.30. The minimum absolute atomic E-state index is 0.372. The Hall–Kier alpha value is -2.00. The fourth-order valence-corrected chi connectivity index (χ4v) is 2.24. The molecule has 0 saturated carbocycles. The molecule has 0 spiro atoms. The molecule has 0 radical (unpaired) electrons. The van der Waals surface area contributed by atoms with Gasteiger partial charge >= 0.3 is 0 Å². The van der Waals surface area contributed by atoms with Crippen molar-refractivity contribution in [2.45, 2.75) is 6.04 Å². The van der Waals surface area contributed by atoms with Crippen LogP contribution in [-0.4, -0.2) is 5.91 Å². The highest BCUT2D eigenvalue weighted by atomic mass is 32.1. The zero-order valence-electron chi connectivity index (χ0n) is 10.1. The van der Waals surface area contributed by atoms with Crippen molar-refractivity contribution in [3.8, 4) is 0 Å². The average Bonchev–Trinajstić information content (AvgIpc) is 3.00. The lowest BCUT2D eigenvalue weighted by molar-refractivity contribution is -0.117. The van der Waals surface area contributed by atoms with Crippen LogP contribution >= 0.6 is 11.3 Å². The van der Waals surface area contributed by atoms with Crippen LogP contribution < -0.4 is 11.1 Å². The van der Waals surface area contributed by atoms with Crippen molar-refractivity contribution in [3.05, 3.63) is 51.5 Å². The fourth-order valence-electron chi connectivity index (χ4n) is 1.51. The molecule has 2 rings (SSSR count). The first-order chi connectivity index (χ1) is 9.84. The number of carbonyl (C=O) groups is 1. The van der Waals surface area contributed by atoms with Gasteiger partial charge in [-0.3, -0.25) is 4.79 Å². The third-order valence-corrected chi connectivity index (χ3v) is 3.55. The Bertz CT molecular complexity index is 660. The lowest BCUT2D eigenvalue weighted by Gasteiger charge is -2.13. The molecule has 112 valence electrons. The lowest BCUT2D eigenvalue weighted by Crippen LogP contribution is -2.28. The van der Waals surface area contributed by atoms with Crippen molar-refractivity contribution < 1.29 is 26.7 Å². The van der Waals surface area contributed by atoms with E-state index in [2.05, 4.69) is 0 Å². The van der Waals surface area contributed by atoms with Crippen LogP contribution in [0.2, 0.25) is 0 Å². The first kappa shape index (κ1) is 15.4. The molecule has 1 aromatic carbocycles. The van der Waals surface area contributed by atoms with E-state index in [1.807, 2.05) is 0 Å². The summed E-state index contributed by atoms with van der Waals surface area (Å²) in [4.78, 5) is 12.1. The molecule has 3 N–H and O–H groups in total. The monoisotopic (exact) mass is 322 g/mol. The van der Waals surface area contributed by atoms with Crippen molar-refractivity contribution in [2.24, 2.45) is 5.73 Å². The number of rotatable bonds is 3. The second-order valence-corrected chi connectivity index (χ2v) is 4.91. The summed E-state index contributed by atoms with van der Waals surface area (Å²) in [6, 6.07) is 1.79. The maximum absolute atomic E-state index is 13.4. The van der Waals surface area contributed by atoms with Gasteiger partial charge in [-0.2, -0.15) is 0 Å². The third kappa shape index (κ3) is 2.74. The van der Waals surface area contributed by atoms with Crippen molar-refractivity contribution in [1.82, 2.24) is 0 Å². The number of carbonyl (C=O) groups excluding carboxylic acids is 1. The fraction of sp³-hybridized carbons (Fsp3) is 0.0833. The van der Waals surface area contributed by atoms with Crippen LogP contribution in [0.1, 0.15) is 10.9 Å². The first-order valence-electron chi connectivity index (χ1n) is 5.45. The maximum atomic E-state index is 13.4. The zero-order chi connectivity index (χ0) is 15.7. The van der Waals surface area contributed by atoms with Crippen molar-refractivity contribution in [1.29, 1.82) is 0 Å². The minimum Gasteiger partial charge on any atom is -0.319 e. The van der Waals surface area contributed by atoms with Gasteiger partial charge in [-0.15, -0.1) is 11.3 Å². The molecule has 0 fully saturated rings. The van der Waals surface area contributed by atoms with E-state index in [9.17, 15) is 26.7 Å². The van der Waals surface area contributed by atoms with Crippen LogP contribution in [0.5, 0.6) is 0 Å². The molecular weight excluding hydrogens is 315 g/mol. The summed E-state index contributed by atoms with van der Waals surface area (Å²) in [6.45, 7) is 0. The first-order valence-corrected chi connectivity index (χ1v) is 6.33. The highest BCUT2D eigenvalue weighted by Crippen LogP contribution is 2.28. The van der Waals surface area contributed by atoms with Crippen LogP contribution in [0, 0.1) is 29.1 Å². The Morgan fingerprint density at radius 3 is 2.05 bits per heavy atom. The number of nitrogens with one attached hydrogen (secondary N) is 1. The van der Waals surface area contributed by atoms with Crippen LogP contribution in [0.4, 0.5) is 27.6 Å². The summed E-state index contributed by atoms with van der Waals surface area (Å²) < 4.78 is 65.6. The van der Waals surface area contributed by atoms with Crippen molar-refractivity contribution in [3.63, 3.8) is 0 Å². The highest BCUT2D eigenvalue weighted by Gasteiger charge is 2.28. The van der Waals surface area contributed by atoms with E-state index in [1.165, 1.54) is 6.07 Å². The van der Waals surface area contributed by atoms with Gasteiger partial charge in [0.15, 0.2) is 23.3 Å².